The van der Waals surface area contributed by atoms with Crippen LogP contribution in [0.25, 0.3) is 0 Å². The lowest BCUT2D eigenvalue weighted by atomic mass is 10.1. The number of ether oxygens (including phenoxy) is 1. The van der Waals surface area contributed by atoms with Gasteiger partial charge in [0, 0.05) is 24.3 Å². The molecule has 21 nitrogen and oxygen atoms in total. The number of hydrogen-bond donors (Lipinski definition) is 10. The number of nitrogens with one attached hydrogen (secondary N) is 4. The molecule has 0 aliphatic carbocycles. The second-order valence-electron chi connectivity index (χ2n) is 11.7. The smallest absolute Gasteiger partial charge is 0.322 e. The number of hydrogen-bond acceptors (Lipinski definition) is 14. The Kier molecular flexibility index (Phi) is 18.5. The Labute approximate surface area is 316 Å². The molecule has 0 radical (unpaired) electrons. The molecule has 1 aliphatic heterocycles. The van der Waals surface area contributed by atoms with Gasteiger partial charge in [-0.3, -0.25) is 43.2 Å². The first-order chi connectivity index (χ1) is 25.4. The minimum Gasteiger partial charge on any atom is -0.480 e. The molecule has 0 unspecified atom stereocenters. The zero-order valence-corrected chi connectivity index (χ0v) is 30.6. The minimum absolute atomic E-state index is 0.166. The van der Waals surface area contributed by atoms with Crippen molar-refractivity contribution in [3.8, 4) is 5.75 Å². The third-order valence-corrected chi connectivity index (χ3v) is 9.87. The number of rotatable bonds is 23. The van der Waals surface area contributed by atoms with Crippen LogP contribution in [0.5, 0.6) is 5.75 Å². The Bertz CT molecular complexity index is 1570. The normalized spacial score (nSPS) is 16.9. The van der Waals surface area contributed by atoms with Gasteiger partial charge in [0.15, 0.2) is 5.44 Å². The Balaban J connectivity index is 2.18. The van der Waals surface area contributed by atoms with Gasteiger partial charge in [-0.15, -0.1) is 23.5 Å². The molecule has 0 spiro atoms. The van der Waals surface area contributed by atoms with E-state index < -0.39 is 102 Å². The molecule has 54 heavy (non-hydrogen) atoms. The van der Waals surface area contributed by atoms with Crippen molar-refractivity contribution in [1.82, 2.24) is 21.3 Å². The molecule has 0 aromatic heterocycles. The van der Waals surface area contributed by atoms with Gasteiger partial charge in [-0.2, -0.15) is 0 Å². The van der Waals surface area contributed by atoms with E-state index in [1.165, 1.54) is 4.90 Å². The second kappa shape index (κ2) is 22.2. The molecule has 6 atom stereocenters. The highest BCUT2D eigenvalue weighted by Crippen LogP contribution is 2.39. The summed E-state index contributed by atoms with van der Waals surface area (Å²) >= 11 is 1.97. The Morgan fingerprint density at radius 1 is 0.778 bits per heavy atom. The molecule has 0 saturated heterocycles. The van der Waals surface area contributed by atoms with Crippen molar-refractivity contribution in [3.05, 3.63) is 24.3 Å². The fourth-order valence-electron chi connectivity index (χ4n) is 4.67. The maximum Gasteiger partial charge on any atom is 0.322 e. The number of nitrogens with zero attached hydrogens (tertiary/aromatic N) is 1. The maximum atomic E-state index is 13.7. The number of nitrogens with two attached hydrogens (primary N) is 2. The zero-order valence-electron chi connectivity index (χ0n) is 28.9. The summed E-state index contributed by atoms with van der Waals surface area (Å²) < 4.78 is 6.13. The summed E-state index contributed by atoms with van der Waals surface area (Å²) in [7, 11) is 0. The number of carbonyl (C=O) groups excluding carboxylic acids is 5. The average Bonchev–Trinajstić information content (AvgIpc) is 3.11. The number of para-hydroxylation sites is 2. The van der Waals surface area contributed by atoms with Crippen molar-refractivity contribution >= 4 is 82.6 Å². The molecule has 0 bridgehead atoms. The van der Waals surface area contributed by atoms with E-state index in [0.29, 0.717) is 11.4 Å². The van der Waals surface area contributed by atoms with Crippen molar-refractivity contribution in [2.24, 2.45) is 11.5 Å². The maximum absolute atomic E-state index is 13.7. The molecular formula is C31H43N7O14S2. The van der Waals surface area contributed by atoms with Crippen molar-refractivity contribution in [2.45, 2.75) is 68.3 Å². The molecule has 1 aromatic carbocycles. The van der Waals surface area contributed by atoms with E-state index in [0.717, 1.165) is 23.5 Å². The molecule has 5 amide bonds. The van der Waals surface area contributed by atoms with Crippen LogP contribution in [0.1, 0.15) is 32.6 Å². The monoisotopic (exact) mass is 801 g/mol. The van der Waals surface area contributed by atoms with E-state index in [-0.39, 0.29) is 42.9 Å². The molecule has 0 fully saturated rings. The van der Waals surface area contributed by atoms with E-state index >= 15 is 0 Å². The number of thioether (sulfide) groups is 2. The van der Waals surface area contributed by atoms with Gasteiger partial charge in [0.1, 0.15) is 43.0 Å². The zero-order chi connectivity index (χ0) is 40.5. The summed E-state index contributed by atoms with van der Waals surface area (Å²) in [5, 5.41) is 45.1. The van der Waals surface area contributed by atoms with Crippen molar-refractivity contribution < 1.29 is 68.3 Å². The first-order valence-corrected chi connectivity index (χ1v) is 18.4. The highest BCUT2D eigenvalue weighted by molar-refractivity contribution is 8.00. The first kappa shape index (κ1) is 45.0. The molecule has 12 N–H and O–H groups in total. The summed E-state index contributed by atoms with van der Waals surface area (Å²) in [6, 6.07) is 0.599. The summed E-state index contributed by atoms with van der Waals surface area (Å²) in [5.74, 6) is -9.21. The molecule has 1 heterocycles. The molecule has 1 aromatic rings. The fourth-order valence-corrected chi connectivity index (χ4v) is 6.76. The molecule has 298 valence electrons. The van der Waals surface area contributed by atoms with Crippen LogP contribution in [0, 0.1) is 0 Å². The van der Waals surface area contributed by atoms with E-state index in [1.54, 1.807) is 31.2 Å². The Morgan fingerprint density at radius 3 is 1.74 bits per heavy atom. The number of fused-ring (bicyclic) bond motifs is 1. The van der Waals surface area contributed by atoms with Gasteiger partial charge in [0.25, 0.3) is 0 Å². The third-order valence-electron chi connectivity index (χ3n) is 7.51. The Hall–Kier alpha value is -5.13. The Morgan fingerprint density at radius 2 is 1.26 bits per heavy atom. The number of carboxylic acid groups (broad SMARTS) is 4. The highest BCUT2D eigenvalue weighted by Gasteiger charge is 2.38. The largest absolute Gasteiger partial charge is 0.480 e. The molecule has 1 aliphatic rings. The van der Waals surface area contributed by atoms with Crippen LogP contribution < -0.4 is 42.4 Å². The van der Waals surface area contributed by atoms with E-state index in [2.05, 4.69) is 21.3 Å². The van der Waals surface area contributed by atoms with Gasteiger partial charge < -0.3 is 62.8 Å². The van der Waals surface area contributed by atoms with Crippen molar-refractivity contribution in [2.75, 3.05) is 35.2 Å². The van der Waals surface area contributed by atoms with Crippen LogP contribution in [0.15, 0.2) is 24.3 Å². The highest BCUT2D eigenvalue weighted by atomic mass is 32.2. The van der Waals surface area contributed by atoms with Crippen LogP contribution in [-0.2, 0) is 43.2 Å². The molecule has 2 rings (SSSR count). The van der Waals surface area contributed by atoms with E-state index in [1.807, 2.05) is 0 Å². The topological polar surface area (TPSA) is 347 Å². The van der Waals surface area contributed by atoms with Gasteiger partial charge in [-0.1, -0.05) is 12.1 Å². The van der Waals surface area contributed by atoms with Gasteiger partial charge in [-0.05, 0) is 31.9 Å². The molecular weight excluding hydrogens is 759 g/mol. The van der Waals surface area contributed by atoms with Crippen LogP contribution in [-0.4, -0.2) is 140 Å². The number of anilines is 1. The second-order valence-corrected chi connectivity index (χ2v) is 13.9. The van der Waals surface area contributed by atoms with Crippen LogP contribution >= 0.6 is 23.5 Å². The number of amides is 5. The van der Waals surface area contributed by atoms with Crippen molar-refractivity contribution in [3.63, 3.8) is 0 Å². The standard InChI is InChI=1S/C31H43N7O14S2/c1-15-31(54-13-19(28(47)35-11-26(44)45)37-23(40)9-7-17(33)30(50)51)52-21-5-3-2-4-20(21)38(15)24(41)14-53-12-18(27(46)34-10-25(42)43)36-22(39)8-6-16(32)29(48)49/h2-5,15-19,31H,6-14,32-33H2,1H3,(H,34,46)(H,35,47)(H,36,39)(H,37,40)(H,42,43)(H,44,45)(H,48,49)(H,50,51)/t15-,16-,17-,18-,19+,31+/m0/s1. The van der Waals surface area contributed by atoms with Crippen LogP contribution in [0.3, 0.4) is 0 Å². The van der Waals surface area contributed by atoms with E-state index in [9.17, 15) is 43.2 Å². The minimum atomic E-state index is -1.34. The summed E-state index contributed by atoms with van der Waals surface area (Å²) in [6.45, 7) is 0.171. The predicted octanol–water partition coefficient (Wildman–Crippen LogP) is -2.65. The summed E-state index contributed by atoms with van der Waals surface area (Å²) in [5.41, 5.74) is 10.4. The lowest BCUT2D eigenvalue weighted by molar-refractivity contribution is -0.140. The number of aliphatic carboxylic acids is 4. The summed E-state index contributed by atoms with van der Waals surface area (Å²) in [4.78, 5) is 110. The number of carbonyl (C=O) groups is 9. The fraction of sp³-hybridized carbons (Fsp3) is 0.516. The average molecular weight is 802 g/mol. The first-order valence-electron chi connectivity index (χ1n) is 16.2. The molecule has 23 heteroatoms. The third kappa shape index (κ3) is 15.1. The summed E-state index contributed by atoms with van der Waals surface area (Å²) in [6.07, 6.45) is -1.14. The lowest BCUT2D eigenvalue weighted by Gasteiger charge is -2.40. The quantitative estimate of drug-likeness (QED) is 0.0540. The van der Waals surface area contributed by atoms with Gasteiger partial charge in [0.05, 0.1) is 17.5 Å². The van der Waals surface area contributed by atoms with Gasteiger partial charge >= 0.3 is 23.9 Å². The van der Waals surface area contributed by atoms with Crippen LogP contribution in [0.4, 0.5) is 5.69 Å². The lowest BCUT2D eigenvalue weighted by Crippen LogP contribution is -2.53. The van der Waals surface area contributed by atoms with Gasteiger partial charge in [0.2, 0.25) is 29.5 Å². The SMILES string of the molecule is C[C@H]1[C@@H](SC[C@@H](NC(=O)CC[C@H](N)C(=O)O)C(=O)NCC(=O)O)Oc2ccccc2N1C(=O)CSC[C@H](NC(=O)CC[C@H](N)C(=O)O)C(=O)NCC(=O)O. The predicted molar refractivity (Wildman–Crippen MR) is 192 cm³/mol. The van der Waals surface area contributed by atoms with Crippen LogP contribution in [0.2, 0.25) is 0 Å². The van der Waals surface area contributed by atoms with E-state index in [4.69, 9.17) is 36.6 Å². The molecule has 0 saturated carbocycles. The number of benzene rings is 1. The van der Waals surface area contributed by atoms with Gasteiger partial charge in [-0.25, -0.2) is 0 Å². The van der Waals surface area contributed by atoms with Crippen molar-refractivity contribution in [1.29, 1.82) is 0 Å². The number of carboxylic acids is 4.